The van der Waals surface area contributed by atoms with Crippen LogP contribution in [0.15, 0.2) is 42.5 Å². The molecule has 3 heteroatoms. The predicted octanol–water partition coefficient (Wildman–Crippen LogP) is 2.81. The van der Waals surface area contributed by atoms with E-state index in [-0.39, 0.29) is 6.61 Å². The minimum Gasteiger partial charge on any atom is -0.508 e. The van der Waals surface area contributed by atoms with Gasteiger partial charge in [-0.05, 0) is 30.2 Å². The summed E-state index contributed by atoms with van der Waals surface area (Å²) in [6, 6.07) is 13.1. The Bertz CT molecular complexity index is 538. The number of nitrogens with one attached hydrogen (secondary N) is 1. The van der Waals surface area contributed by atoms with Gasteiger partial charge in [-0.15, -0.1) is 0 Å². The molecule has 0 radical (unpaired) electrons. The van der Waals surface area contributed by atoms with Crippen LogP contribution >= 0.6 is 0 Å². The van der Waals surface area contributed by atoms with Crippen LogP contribution in [-0.2, 0) is 13.2 Å². The zero-order valence-corrected chi connectivity index (χ0v) is 10.4. The van der Waals surface area contributed by atoms with Crippen LogP contribution in [0.4, 0.5) is 5.69 Å². The maximum absolute atomic E-state index is 9.68. The van der Waals surface area contributed by atoms with E-state index in [2.05, 4.69) is 5.32 Å². The first-order valence-electron chi connectivity index (χ1n) is 5.92. The fraction of sp³-hybridized carbons (Fsp3) is 0.200. The summed E-state index contributed by atoms with van der Waals surface area (Å²) in [6.45, 7) is 2.60. The van der Waals surface area contributed by atoms with Crippen LogP contribution < -0.4 is 5.32 Å². The topological polar surface area (TPSA) is 52.5 Å². The van der Waals surface area contributed by atoms with Gasteiger partial charge in [0.25, 0.3) is 0 Å². The van der Waals surface area contributed by atoms with E-state index in [0.717, 1.165) is 22.4 Å². The average molecular weight is 243 g/mol. The molecule has 18 heavy (non-hydrogen) atoms. The van der Waals surface area contributed by atoms with E-state index in [0.29, 0.717) is 12.3 Å². The number of phenolic OH excluding ortho intramolecular Hbond substituents is 1. The highest BCUT2D eigenvalue weighted by atomic mass is 16.3. The molecule has 0 saturated heterocycles. The molecule has 2 aromatic carbocycles. The summed E-state index contributed by atoms with van der Waals surface area (Å²) in [5.74, 6) is 0.293. The van der Waals surface area contributed by atoms with Crippen LogP contribution in [0.3, 0.4) is 0 Å². The molecule has 3 N–H and O–H groups in total. The third-order valence-electron chi connectivity index (χ3n) is 2.95. The lowest BCUT2D eigenvalue weighted by Crippen LogP contribution is -2.02. The first kappa shape index (κ1) is 12.5. The number of anilines is 1. The molecule has 0 fully saturated rings. The summed E-state index contributed by atoms with van der Waals surface area (Å²) in [5.41, 5.74) is 3.82. The summed E-state index contributed by atoms with van der Waals surface area (Å²) >= 11 is 0. The number of benzene rings is 2. The number of hydrogen-bond acceptors (Lipinski definition) is 3. The Morgan fingerprint density at radius 1 is 1.11 bits per heavy atom. The zero-order valence-electron chi connectivity index (χ0n) is 10.4. The number of aryl methyl sites for hydroxylation is 1. The molecular weight excluding hydrogens is 226 g/mol. The first-order valence-corrected chi connectivity index (χ1v) is 5.92. The Hall–Kier alpha value is -2.00. The SMILES string of the molecule is Cc1ccc(CO)cc1NCc1ccccc1O. The van der Waals surface area contributed by atoms with Gasteiger partial charge in [0.15, 0.2) is 0 Å². The second kappa shape index (κ2) is 5.56. The van der Waals surface area contributed by atoms with Gasteiger partial charge in [0.1, 0.15) is 5.75 Å². The molecule has 0 amide bonds. The normalized spacial score (nSPS) is 10.3. The number of aromatic hydroxyl groups is 1. The molecule has 0 bridgehead atoms. The zero-order chi connectivity index (χ0) is 13.0. The number of phenols is 1. The van der Waals surface area contributed by atoms with Crippen molar-refractivity contribution in [3.8, 4) is 5.75 Å². The monoisotopic (exact) mass is 243 g/mol. The van der Waals surface area contributed by atoms with E-state index in [9.17, 15) is 5.11 Å². The lowest BCUT2D eigenvalue weighted by atomic mass is 10.1. The number of para-hydroxylation sites is 1. The number of aliphatic hydroxyl groups is 1. The van der Waals surface area contributed by atoms with Gasteiger partial charge in [0.05, 0.1) is 6.61 Å². The highest BCUT2D eigenvalue weighted by Crippen LogP contribution is 2.21. The Balaban J connectivity index is 2.13. The largest absolute Gasteiger partial charge is 0.508 e. The summed E-state index contributed by atoms with van der Waals surface area (Å²) in [7, 11) is 0. The Morgan fingerprint density at radius 2 is 1.89 bits per heavy atom. The highest BCUT2D eigenvalue weighted by molar-refractivity contribution is 5.53. The molecule has 0 spiro atoms. The standard InChI is InChI=1S/C15H17NO2/c1-11-6-7-12(10-17)8-14(11)16-9-13-4-2-3-5-15(13)18/h2-8,16-18H,9-10H2,1H3. The summed E-state index contributed by atoms with van der Waals surface area (Å²) in [5, 5.41) is 22.1. The minimum atomic E-state index is 0.0333. The summed E-state index contributed by atoms with van der Waals surface area (Å²) in [4.78, 5) is 0. The number of aliphatic hydroxyl groups excluding tert-OH is 1. The Kier molecular flexibility index (Phi) is 3.85. The molecule has 0 aliphatic heterocycles. The van der Waals surface area contributed by atoms with Gasteiger partial charge in [0.2, 0.25) is 0 Å². The maximum Gasteiger partial charge on any atom is 0.120 e. The van der Waals surface area contributed by atoms with Crippen molar-refractivity contribution >= 4 is 5.69 Å². The van der Waals surface area contributed by atoms with Crippen LogP contribution in [0.1, 0.15) is 16.7 Å². The van der Waals surface area contributed by atoms with E-state index >= 15 is 0 Å². The molecular formula is C15H17NO2. The molecule has 0 aliphatic rings. The Labute approximate surface area is 107 Å². The third-order valence-corrected chi connectivity index (χ3v) is 2.95. The van der Waals surface area contributed by atoms with Gasteiger partial charge < -0.3 is 15.5 Å². The Morgan fingerprint density at radius 3 is 2.61 bits per heavy atom. The predicted molar refractivity (Wildman–Crippen MR) is 72.5 cm³/mol. The molecule has 0 aliphatic carbocycles. The molecule has 94 valence electrons. The van der Waals surface area contributed by atoms with Crippen molar-refractivity contribution in [3.05, 3.63) is 59.2 Å². The van der Waals surface area contributed by atoms with Gasteiger partial charge >= 0.3 is 0 Å². The van der Waals surface area contributed by atoms with Gasteiger partial charge in [-0.1, -0.05) is 30.3 Å². The lowest BCUT2D eigenvalue weighted by Gasteiger charge is -2.11. The second-order valence-corrected chi connectivity index (χ2v) is 4.29. The fourth-order valence-electron chi connectivity index (χ4n) is 1.81. The maximum atomic E-state index is 9.68. The van der Waals surface area contributed by atoms with E-state index in [1.807, 2.05) is 37.3 Å². The van der Waals surface area contributed by atoms with E-state index in [1.54, 1.807) is 12.1 Å². The fourth-order valence-corrected chi connectivity index (χ4v) is 1.81. The van der Waals surface area contributed by atoms with E-state index in [1.165, 1.54) is 0 Å². The van der Waals surface area contributed by atoms with Crippen LogP contribution in [0.5, 0.6) is 5.75 Å². The smallest absolute Gasteiger partial charge is 0.120 e. The molecule has 0 aromatic heterocycles. The van der Waals surface area contributed by atoms with E-state index < -0.39 is 0 Å². The van der Waals surface area contributed by atoms with E-state index in [4.69, 9.17) is 5.11 Å². The van der Waals surface area contributed by atoms with Gasteiger partial charge in [-0.2, -0.15) is 0 Å². The molecule has 3 nitrogen and oxygen atoms in total. The van der Waals surface area contributed by atoms with Gasteiger partial charge in [-0.3, -0.25) is 0 Å². The quantitative estimate of drug-likeness (QED) is 0.774. The van der Waals surface area contributed by atoms with Crippen molar-refractivity contribution in [3.63, 3.8) is 0 Å². The van der Waals surface area contributed by atoms with Crippen molar-refractivity contribution < 1.29 is 10.2 Å². The van der Waals surface area contributed by atoms with Crippen molar-refractivity contribution in [2.24, 2.45) is 0 Å². The van der Waals surface area contributed by atoms with Crippen molar-refractivity contribution in [1.82, 2.24) is 0 Å². The lowest BCUT2D eigenvalue weighted by molar-refractivity contribution is 0.282. The average Bonchev–Trinajstić information content (AvgIpc) is 2.39. The molecule has 0 atom stereocenters. The van der Waals surface area contributed by atoms with Gasteiger partial charge in [-0.25, -0.2) is 0 Å². The minimum absolute atomic E-state index is 0.0333. The van der Waals surface area contributed by atoms with Crippen molar-refractivity contribution in [1.29, 1.82) is 0 Å². The van der Waals surface area contributed by atoms with Crippen LogP contribution in [0.25, 0.3) is 0 Å². The molecule has 2 rings (SSSR count). The van der Waals surface area contributed by atoms with Crippen LogP contribution in [-0.4, -0.2) is 10.2 Å². The van der Waals surface area contributed by atoms with Gasteiger partial charge in [0, 0.05) is 17.8 Å². The summed E-state index contributed by atoms with van der Waals surface area (Å²) in [6.07, 6.45) is 0. The van der Waals surface area contributed by atoms with Crippen molar-refractivity contribution in [2.75, 3.05) is 5.32 Å². The first-order chi connectivity index (χ1) is 8.70. The molecule has 0 saturated carbocycles. The third kappa shape index (κ3) is 2.81. The number of hydrogen-bond donors (Lipinski definition) is 3. The molecule has 0 heterocycles. The number of rotatable bonds is 4. The molecule has 2 aromatic rings. The molecule has 0 unspecified atom stereocenters. The van der Waals surface area contributed by atoms with Crippen molar-refractivity contribution in [2.45, 2.75) is 20.1 Å². The van der Waals surface area contributed by atoms with Crippen LogP contribution in [0.2, 0.25) is 0 Å². The summed E-state index contributed by atoms with van der Waals surface area (Å²) < 4.78 is 0. The second-order valence-electron chi connectivity index (χ2n) is 4.29. The highest BCUT2D eigenvalue weighted by Gasteiger charge is 2.02. The van der Waals surface area contributed by atoms with Crippen LogP contribution in [0, 0.1) is 6.92 Å².